The first-order chi connectivity index (χ1) is 8.16. The van der Waals surface area contributed by atoms with Gasteiger partial charge in [0.05, 0.1) is 13.2 Å². The molecule has 0 bridgehead atoms. The number of hydrogen-bond acceptors (Lipinski definition) is 2. The van der Waals surface area contributed by atoms with Gasteiger partial charge in [-0.15, -0.1) is 0 Å². The normalized spacial score (nSPS) is 26.6. The lowest BCUT2D eigenvalue weighted by atomic mass is 9.97. The van der Waals surface area contributed by atoms with Gasteiger partial charge in [0.1, 0.15) is 11.5 Å². The summed E-state index contributed by atoms with van der Waals surface area (Å²) in [7, 11) is 0.271. The smallest absolute Gasteiger partial charge is 0.208 e. The van der Waals surface area contributed by atoms with Crippen LogP contribution in [0.1, 0.15) is 26.7 Å². The summed E-state index contributed by atoms with van der Waals surface area (Å²) in [5, 5.41) is 0.285. The largest absolute Gasteiger partial charge is 0.372 e. The van der Waals surface area contributed by atoms with E-state index < -0.39 is 0 Å². The topological polar surface area (TPSA) is 26.3 Å². The highest BCUT2D eigenvalue weighted by atomic mass is 32.2. The molecule has 0 amide bonds. The second-order valence-corrected chi connectivity index (χ2v) is 7.39. The highest BCUT2D eigenvalue weighted by Gasteiger charge is 2.38. The molecule has 2 rings (SSSR count). The molecule has 1 unspecified atom stereocenters. The maximum absolute atomic E-state index is 12.1. The molecule has 2 nitrogen and oxygen atoms in total. The summed E-state index contributed by atoms with van der Waals surface area (Å²) in [5.74, 6) is 2.53. The average Bonchev–Trinajstić information content (AvgIpc) is 2.29. The zero-order chi connectivity index (χ0) is 12.3. The summed E-state index contributed by atoms with van der Waals surface area (Å²) in [6.07, 6.45) is 6.12. The molecule has 0 aromatic carbocycles. The van der Waals surface area contributed by atoms with Crippen molar-refractivity contribution in [3.63, 3.8) is 0 Å². The molecular formula is C14H21O2S+. The lowest BCUT2D eigenvalue weighted by molar-refractivity contribution is -0.114. The van der Waals surface area contributed by atoms with Crippen LogP contribution in [0.15, 0.2) is 23.3 Å². The first-order valence-corrected chi connectivity index (χ1v) is 7.93. The molecule has 1 aliphatic heterocycles. The van der Waals surface area contributed by atoms with Crippen LogP contribution in [0.5, 0.6) is 0 Å². The Morgan fingerprint density at radius 1 is 1.41 bits per heavy atom. The van der Waals surface area contributed by atoms with Crippen molar-refractivity contribution in [2.75, 3.05) is 24.7 Å². The van der Waals surface area contributed by atoms with E-state index >= 15 is 0 Å². The number of allylic oxidation sites excluding steroid dienone is 4. The van der Waals surface area contributed by atoms with Crippen LogP contribution < -0.4 is 0 Å². The lowest BCUT2D eigenvalue weighted by Gasteiger charge is -2.23. The van der Waals surface area contributed by atoms with Gasteiger partial charge in [0.2, 0.25) is 5.78 Å². The van der Waals surface area contributed by atoms with Gasteiger partial charge in [0, 0.05) is 17.3 Å². The fourth-order valence-electron chi connectivity index (χ4n) is 2.42. The molecule has 0 N–H and O–H groups in total. The fourth-order valence-corrected chi connectivity index (χ4v) is 4.71. The van der Waals surface area contributed by atoms with E-state index in [0.717, 1.165) is 37.6 Å². The predicted molar refractivity (Wildman–Crippen MR) is 73.5 cm³/mol. The lowest BCUT2D eigenvalue weighted by Crippen LogP contribution is -2.40. The molecule has 3 heteroatoms. The van der Waals surface area contributed by atoms with Crippen LogP contribution in [0.2, 0.25) is 0 Å². The van der Waals surface area contributed by atoms with Gasteiger partial charge in [-0.05, 0) is 31.9 Å². The summed E-state index contributed by atoms with van der Waals surface area (Å²) >= 11 is 0. The van der Waals surface area contributed by atoms with E-state index in [9.17, 15) is 4.79 Å². The molecule has 0 saturated carbocycles. The van der Waals surface area contributed by atoms with Crippen LogP contribution in [0.3, 0.4) is 0 Å². The number of rotatable bonds is 2. The van der Waals surface area contributed by atoms with Crippen molar-refractivity contribution in [3.05, 3.63) is 23.3 Å². The van der Waals surface area contributed by atoms with E-state index in [1.54, 1.807) is 0 Å². The molecule has 0 aromatic rings. The van der Waals surface area contributed by atoms with Gasteiger partial charge in [-0.1, -0.05) is 11.6 Å². The Morgan fingerprint density at radius 2 is 2.12 bits per heavy atom. The third-order valence-electron chi connectivity index (χ3n) is 3.20. The average molecular weight is 253 g/mol. The summed E-state index contributed by atoms with van der Waals surface area (Å²) in [6, 6.07) is 0. The van der Waals surface area contributed by atoms with Crippen molar-refractivity contribution in [1.29, 1.82) is 0 Å². The first kappa shape index (κ1) is 12.9. The molecule has 1 atom stereocenters. The van der Waals surface area contributed by atoms with Crippen LogP contribution in [-0.4, -0.2) is 35.8 Å². The van der Waals surface area contributed by atoms with Crippen molar-refractivity contribution in [2.24, 2.45) is 0 Å². The maximum atomic E-state index is 12.1. The Morgan fingerprint density at radius 3 is 2.71 bits per heavy atom. The Labute approximate surface area is 106 Å². The number of ether oxygens (including phenoxy) is 1. The molecule has 1 fully saturated rings. The van der Waals surface area contributed by atoms with Crippen LogP contribution in [0.4, 0.5) is 0 Å². The third-order valence-corrected chi connectivity index (χ3v) is 5.85. The van der Waals surface area contributed by atoms with E-state index in [-0.39, 0.29) is 16.1 Å². The minimum absolute atomic E-state index is 0.271. The molecular weight excluding hydrogens is 232 g/mol. The minimum atomic E-state index is 0.271. The van der Waals surface area contributed by atoms with Crippen LogP contribution in [0, 0.1) is 0 Å². The van der Waals surface area contributed by atoms with Crippen molar-refractivity contribution >= 4 is 16.7 Å². The van der Waals surface area contributed by atoms with Gasteiger partial charge in [-0.3, -0.25) is 4.79 Å². The monoisotopic (exact) mass is 253 g/mol. The SMILES string of the molecule is CC(C)=CC1=CC(=O)C([S+]2CCOCC2)CC1. The molecule has 17 heavy (non-hydrogen) atoms. The Kier molecular flexibility index (Phi) is 4.46. The van der Waals surface area contributed by atoms with Gasteiger partial charge < -0.3 is 4.74 Å². The first-order valence-electron chi connectivity index (χ1n) is 6.30. The van der Waals surface area contributed by atoms with Gasteiger partial charge >= 0.3 is 0 Å². The summed E-state index contributed by atoms with van der Waals surface area (Å²) in [4.78, 5) is 12.1. The summed E-state index contributed by atoms with van der Waals surface area (Å²) in [5.41, 5.74) is 2.49. The molecule has 94 valence electrons. The van der Waals surface area contributed by atoms with Gasteiger partial charge in [0.25, 0.3) is 0 Å². The highest BCUT2D eigenvalue weighted by Crippen LogP contribution is 2.25. The Balaban J connectivity index is 2.02. The Bertz CT molecular complexity index is 347. The quantitative estimate of drug-likeness (QED) is 0.706. The zero-order valence-electron chi connectivity index (χ0n) is 10.7. The summed E-state index contributed by atoms with van der Waals surface area (Å²) < 4.78 is 5.37. The maximum Gasteiger partial charge on any atom is 0.208 e. The van der Waals surface area contributed by atoms with E-state index in [1.807, 2.05) is 6.08 Å². The van der Waals surface area contributed by atoms with Gasteiger partial charge in [-0.25, -0.2) is 0 Å². The van der Waals surface area contributed by atoms with Gasteiger partial charge in [0.15, 0.2) is 5.25 Å². The highest BCUT2D eigenvalue weighted by molar-refractivity contribution is 7.98. The second-order valence-electron chi connectivity index (χ2n) is 4.93. The molecule has 2 aliphatic rings. The number of carbonyl (C=O) groups is 1. The van der Waals surface area contributed by atoms with E-state index in [2.05, 4.69) is 19.9 Å². The van der Waals surface area contributed by atoms with Crippen molar-refractivity contribution < 1.29 is 9.53 Å². The molecule has 0 spiro atoms. The molecule has 1 heterocycles. The van der Waals surface area contributed by atoms with Crippen molar-refractivity contribution in [2.45, 2.75) is 31.9 Å². The minimum Gasteiger partial charge on any atom is -0.372 e. The van der Waals surface area contributed by atoms with E-state index in [0.29, 0.717) is 5.78 Å². The van der Waals surface area contributed by atoms with Crippen LogP contribution in [-0.2, 0) is 20.4 Å². The predicted octanol–water partition coefficient (Wildman–Crippen LogP) is 2.26. The van der Waals surface area contributed by atoms with Crippen LogP contribution in [0.25, 0.3) is 0 Å². The fraction of sp³-hybridized carbons (Fsp3) is 0.643. The van der Waals surface area contributed by atoms with Gasteiger partial charge in [-0.2, -0.15) is 0 Å². The number of carbonyl (C=O) groups excluding carboxylic acids is 1. The molecule has 0 radical (unpaired) electrons. The van der Waals surface area contributed by atoms with Crippen molar-refractivity contribution in [1.82, 2.24) is 0 Å². The zero-order valence-corrected chi connectivity index (χ0v) is 11.5. The second kappa shape index (κ2) is 5.87. The third kappa shape index (κ3) is 3.46. The molecule has 0 aromatic heterocycles. The Hall–Kier alpha value is -0.540. The van der Waals surface area contributed by atoms with Crippen molar-refractivity contribution in [3.8, 4) is 0 Å². The molecule has 1 aliphatic carbocycles. The van der Waals surface area contributed by atoms with E-state index in [1.165, 1.54) is 11.1 Å². The van der Waals surface area contributed by atoms with E-state index in [4.69, 9.17) is 4.74 Å². The summed E-state index contributed by atoms with van der Waals surface area (Å²) in [6.45, 7) is 5.85. The standard InChI is InChI=1S/C14H21O2S/c1-11(2)9-12-3-4-14(13(15)10-12)17-7-5-16-6-8-17/h9-10,14H,3-8H2,1-2H3/q+1. The molecule has 1 saturated heterocycles. The number of ketones is 1. The number of hydrogen-bond donors (Lipinski definition) is 0. The van der Waals surface area contributed by atoms with Crippen LogP contribution >= 0.6 is 0 Å².